The highest BCUT2D eigenvalue weighted by Gasteiger charge is 2.38. The van der Waals surface area contributed by atoms with E-state index in [0.29, 0.717) is 13.1 Å². The number of carbonyl (C=O) groups excluding carboxylic acids is 1. The molecule has 21 heavy (non-hydrogen) atoms. The van der Waals surface area contributed by atoms with Crippen molar-refractivity contribution < 1.29 is 14.3 Å². The van der Waals surface area contributed by atoms with Gasteiger partial charge in [-0.15, -0.1) is 6.58 Å². The minimum absolute atomic E-state index is 0.227. The Kier molecular flexibility index (Phi) is 6.72. The van der Waals surface area contributed by atoms with Gasteiger partial charge in [0, 0.05) is 13.2 Å². The fraction of sp³-hybridized carbons (Fsp3) is 0.824. The van der Waals surface area contributed by atoms with Crippen molar-refractivity contribution >= 4 is 6.09 Å². The molecular formula is C17H31NO3. The molecular weight excluding hydrogens is 266 g/mol. The van der Waals surface area contributed by atoms with Gasteiger partial charge in [-0.05, 0) is 53.4 Å². The summed E-state index contributed by atoms with van der Waals surface area (Å²) in [6.45, 7) is 13.6. The lowest BCUT2D eigenvalue weighted by molar-refractivity contribution is -0.0286. The fourth-order valence-corrected chi connectivity index (χ4v) is 2.42. The molecule has 0 spiro atoms. The third-order valence-electron chi connectivity index (χ3n) is 3.59. The average Bonchev–Trinajstić information content (AvgIpc) is 2.75. The van der Waals surface area contributed by atoms with E-state index in [9.17, 15) is 4.79 Å². The van der Waals surface area contributed by atoms with Crippen LogP contribution in [0.1, 0.15) is 59.8 Å². The summed E-state index contributed by atoms with van der Waals surface area (Å²) < 4.78 is 11.4. The topological polar surface area (TPSA) is 38.8 Å². The molecule has 1 aliphatic rings. The molecule has 0 N–H and O–H groups in total. The predicted molar refractivity (Wildman–Crippen MR) is 85.4 cm³/mol. The SMILES string of the molecule is C=CCCCCCOC1(C)CCN(C(=O)OC(C)(C)C)C1. The highest BCUT2D eigenvalue weighted by molar-refractivity contribution is 5.68. The lowest BCUT2D eigenvalue weighted by Gasteiger charge is -2.27. The summed E-state index contributed by atoms with van der Waals surface area (Å²) in [5.74, 6) is 0. The van der Waals surface area contributed by atoms with Gasteiger partial charge in [0.25, 0.3) is 0 Å². The first-order valence-corrected chi connectivity index (χ1v) is 7.98. The largest absolute Gasteiger partial charge is 0.444 e. The van der Waals surface area contributed by atoms with Gasteiger partial charge in [0.2, 0.25) is 0 Å². The zero-order valence-electron chi connectivity index (χ0n) is 14.1. The standard InChI is InChI=1S/C17H31NO3/c1-6-7-8-9-10-13-20-17(5)11-12-18(14-17)15(19)21-16(2,3)4/h6H,1,7-14H2,2-5H3. The molecule has 1 amide bonds. The van der Waals surface area contributed by atoms with Crippen LogP contribution in [0.25, 0.3) is 0 Å². The first-order valence-electron chi connectivity index (χ1n) is 7.98. The number of likely N-dealkylation sites (tertiary alicyclic amines) is 1. The maximum Gasteiger partial charge on any atom is 0.410 e. The molecule has 1 unspecified atom stereocenters. The van der Waals surface area contributed by atoms with E-state index in [2.05, 4.69) is 13.5 Å². The number of nitrogens with zero attached hydrogens (tertiary/aromatic N) is 1. The van der Waals surface area contributed by atoms with Crippen LogP contribution in [0.15, 0.2) is 12.7 Å². The van der Waals surface area contributed by atoms with Crippen LogP contribution in [0.4, 0.5) is 4.79 Å². The van der Waals surface area contributed by atoms with E-state index >= 15 is 0 Å². The summed E-state index contributed by atoms with van der Waals surface area (Å²) >= 11 is 0. The molecule has 1 atom stereocenters. The minimum Gasteiger partial charge on any atom is -0.444 e. The Morgan fingerprint density at radius 1 is 1.33 bits per heavy atom. The fourth-order valence-electron chi connectivity index (χ4n) is 2.42. The molecule has 1 aliphatic heterocycles. The van der Waals surface area contributed by atoms with Crippen LogP contribution in [0.2, 0.25) is 0 Å². The molecule has 0 aromatic carbocycles. The smallest absolute Gasteiger partial charge is 0.410 e. The second-order valence-corrected chi connectivity index (χ2v) is 7.09. The summed E-state index contributed by atoms with van der Waals surface area (Å²) in [4.78, 5) is 13.8. The zero-order chi connectivity index (χ0) is 15.9. The Balaban J connectivity index is 2.28. The van der Waals surface area contributed by atoms with Crippen molar-refractivity contribution in [3.63, 3.8) is 0 Å². The Morgan fingerprint density at radius 2 is 2.05 bits per heavy atom. The van der Waals surface area contributed by atoms with Gasteiger partial charge in [-0.1, -0.05) is 12.5 Å². The first kappa shape index (κ1) is 18.0. The van der Waals surface area contributed by atoms with Crippen LogP contribution in [0, 0.1) is 0 Å². The van der Waals surface area contributed by atoms with Crippen LogP contribution in [0.5, 0.6) is 0 Å². The molecule has 0 aromatic heterocycles. The zero-order valence-corrected chi connectivity index (χ0v) is 14.1. The number of carbonyl (C=O) groups is 1. The molecule has 1 heterocycles. The molecule has 0 saturated carbocycles. The number of rotatable bonds is 7. The monoisotopic (exact) mass is 297 g/mol. The van der Waals surface area contributed by atoms with Crippen molar-refractivity contribution in [3.05, 3.63) is 12.7 Å². The molecule has 0 bridgehead atoms. The van der Waals surface area contributed by atoms with Crippen molar-refractivity contribution in [2.45, 2.75) is 71.0 Å². The second kappa shape index (κ2) is 7.83. The van der Waals surface area contributed by atoms with E-state index in [4.69, 9.17) is 9.47 Å². The van der Waals surface area contributed by atoms with E-state index < -0.39 is 5.60 Å². The summed E-state index contributed by atoms with van der Waals surface area (Å²) in [5, 5.41) is 0. The maximum atomic E-state index is 12.0. The molecule has 0 aromatic rings. The summed E-state index contributed by atoms with van der Waals surface area (Å²) in [5.41, 5.74) is -0.669. The number of hydrogen-bond acceptors (Lipinski definition) is 3. The van der Waals surface area contributed by atoms with Crippen molar-refractivity contribution in [3.8, 4) is 0 Å². The Morgan fingerprint density at radius 3 is 2.67 bits per heavy atom. The highest BCUT2D eigenvalue weighted by atomic mass is 16.6. The molecule has 4 nitrogen and oxygen atoms in total. The number of ether oxygens (including phenoxy) is 2. The molecule has 4 heteroatoms. The van der Waals surface area contributed by atoms with Gasteiger partial charge < -0.3 is 14.4 Å². The van der Waals surface area contributed by atoms with Crippen LogP contribution in [-0.4, -0.2) is 41.9 Å². The Hall–Kier alpha value is -1.03. The van der Waals surface area contributed by atoms with Crippen LogP contribution < -0.4 is 0 Å². The van der Waals surface area contributed by atoms with E-state index in [1.54, 1.807) is 4.90 Å². The first-order chi connectivity index (χ1) is 9.76. The summed E-state index contributed by atoms with van der Waals surface area (Å²) in [6, 6.07) is 0. The van der Waals surface area contributed by atoms with Gasteiger partial charge in [-0.3, -0.25) is 0 Å². The van der Waals surface area contributed by atoms with Gasteiger partial charge in [0.1, 0.15) is 5.60 Å². The van der Waals surface area contributed by atoms with E-state index in [1.807, 2.05) is 26.8 Å². The molecule has 0 aliphatic carbocycles. The van der Waals surface area contributed by atoms with E-state index in [1.165, 1.54) is 6.42 Å². The van der Waals surface area contributed by atoms with Gasteiger partial charge in [-0.2, -0.15) is 0 Å². The van der Waals surface area contributed by atoms with Gasteiger partial charge in [0.15, 0.2) is 0 Å². The van der Waals surface area contributed by atoms with E-state index in [-0.39, 0.29) is 11.7 Å². The quantitative estimate of drug-likeness (QED) is 0.523. The molecule has 122 valence electrons. The second-order valence-electron chi connectivity index (χ2n) is 7.09. The van der Waals surface area contributed by atoms with Gasteiger partial charge >= 0.3 is 6.09 Å². The van der Waals surface area contributed by atoms with Crippen LogP contribution in [0.3, 0.4) is 0 Å². The van der Waals surface area contributed by atoms with Crippen molar-refractivity contribution in [1.29, 1.82) is 0 Å². The average molecular weight is 297 g/mol. The van der Waals surface area contributed by atoms with E-state index in [0.717, 1.165) is 32.3 Å². The van der Waals surface area contributed by atoms with Crippen molar-refractivity contribution in [1.82, 2.24) is 4.90 Å². The maximum absolute atomic E-state index is 12.0. The lowest BCUT2D eigenvalue weighted by Crippen LogP contribution is -2.39. The highest BCUT2D eigenvalue weighted by Crippen LogP contribution is 2.26. The van der Waals surface area contributed by atoms with Crippen LogP contribution in [-0.2, 0) is 9.47 Å². The molecule has 1 saturated heterocycles. The van der Waals surface area contributed by atoms with Crippen LogP contribution >= 0.6 is 0 Å². The minimum atomic E-state index is -0.442. The van der Waals surface area contributed by atoms with Gasteiger partial charge in [0.05, 0.1) is 12.1 Å². The number of allylic oxidation sites excluding steroid dienone is 1. The predicted octanol–water partition coefficient (Wildman–Crippen LogP) is 4.15. The van der Waals surface area contributed by atoms with Crippen molar-refractivity contribution in [2.24, 2.45) is 0 Å². The number of unbranched alkanes of at least 4 members (excludes halogenated alkanes) is 3. The number of hydrogen-bond donors (Lipinski definition) is 0. The Labute approximate surface area is 129 Å². The summed E-state index contributed by atoms with van der Waals surface area (Å²) in [6.07, 6.45) is 7.07. The normalized spacial score (nSPS) is 22.4. The molecule has 1 rings (SSSR count). The van der Waals surface area contributed by atoms with Crippen molar-refractivity contribution in [2.75, 3.05) is 19.7 Å². The summed E-state index contributed by atoms with van der Waals surface area (Å²) in [7, 11) is 0. The molecule has 0 radical (unpaired) electrons. The third kappa shape index (κ3) is 6.98. The number of amides is 1. The Bertz CT molecular complexity index is 348. The third-order valence-corrected chi connectivity index (χ3v) is 3.59. The lowest BCUT2D eigenvalue weighted by atomic mass is 10.1. The van der Waals surface area contributed by atoms with Gasteiger partial charge in [-0.25, -0.2) is 4.79 Å². The molecule has 1 fully saturated rings.